The standard InChI is InChI=1S/C10H12F3N3O.ClH/c11-10(12,13)8-5-9(16-6-15-8)17-7-1-3-14-4-2-7;/h5-7,14H,1-4H2;1H. The summed E-state index contributed by atoms with van der Waals surface area (Å²) in [7, 11) is 0. The van der Waals surface area contributed by atoms with Crippen LogP contribution in [0.1, 0.15) is 18.5 Å². The summed E-state index contributed by atoms with van der Waals surface area (Å²) in [4.78, 5) is 6.87. The Hall–Kier alpha value is -1.08. The SMILES string of the molecule is Cl.FC(F)(F)c1cc(OC2CCNCC2)ncn1. The van der Waals surface area contributed by atoms with Gasteiger partial charge in [0.25, 0.3) is 0 Å². The third-order valence-corrected chi connectivity index (χ3v) is 2.51. The molecule has 1 saturated heterocycles. The Morgan fingerprint density at radius 2 is 1.89 bits per heavy atom. The zero-order valence-corrected chi connectivity index (χ0v) is 10.2. The Labute approximate surface area is 108 Å². The van der Waals surface area contributed by atoms with Gasteiger partial charge in [0.15, 0.2) is 5.69 Å². The van der Waals surface area contributed by atoms with Crippen LogP contribution in [0.4, 0.5) is 13.2 Å². The van der Waals surface area contributed by atoms with Gasteiger partial charge in [-0.3, -0.25) is 0 Å². The lowest BCUT2D eigenvalue weighted by Crippen LogP contribution is -2.34. The number of alkyl halides is 3. The van der Waals surface area contributed by atoms with Crippen LogP contribution in [0.5, 0.6) is 5.88 Å². The highest BCUT2D eigenvalue weighted by Gasteiger charge is 2.33. The van der Waals surface area contributed by atoms with E-state index in [0.29, 0.717) is 0 Å². The Morgan fingerprint density at radius 1 is 1.22 bits per heavy atom. The maximum absolute atomic E-state index is 12.4. The Kier molecular flexibility index (Phi) is 5.15. The first kappa shape index (κ1) is 15.0. The number of rotatable bonds is 2. The Bertz CT molecular complexity index is 383. The molecule has 0 spiro atoms. The molecule has 1 aromatic heterocycles. The predicted octanol–water partition coefficient (Wildman–Crippen LogP) is 2.05. The van der Waals surface area contributed by atoms with Crippen molar-refractivity contribution in [2.24, 2.45) is 0 Å². The molecule has 8 heteroatoms. The van der Waals surface area contributed by atoms with Gasteiger partial charge >= 0.3 is 6.18 Å². The molecule has 1 aromatic rings. The van der Waals surface area contributed by atoms with Crippen molar-refractivity contribution in [3.8, 4) is 5.88 Å². The lowest BCUT2D eigenvalue weighted by atomic mass is 10.1. The summed E-state index contributed by atoms with van der Waals surface area (Å²) in [6, 6.07) is 0.835. The molecule has 18 heavy (non-hydrogen) atoms. The molecule has 1 N–H and O–H groups in total. The van der Waals surface area contributed by atoms with E-state index in [1.807, 2.05) is 0 Å². The van der Waals surface area contributed by atoms with E-state index in [1.54, 1.807) is 0 Å². The topological polar surface area (TPSA) is 47.0 Å². The molecule has 0 radical (unpaired) electrons. The molecule has 0 aromatic carbocycles. The summed E-state index contributed by atoms with van der Waals surface area (Å²) in [5.41, 5.74) is -0.976. The molecule has 1 aliphatic heterocycles. The number of hydrogen-bond acceptors (Lipinski definition) is 4. The van der Waals surface area contributed by atoms with Gasteiger partial charge in [0.05, 0.1) is 0 Å². The largest absolute Gasteiger partial charge is 0.474 e. The van der Waals surface area contributed by atoms with Crippen LogP contribution >= 0.6 is 12.4 Å². The molecule has 4 nitrogen and oxygen atoms in total. The van der Waals surface area contributed by atoms with E-state index >= 15 is 0 Å². The van der Waals surface area contributed by atoms with Crippen molar-refractivity contribution >= 4 is 12.4 Å². The molecule has 0 unspecified atom stereocenters. The molecular weight excluding hydrogens is 271 g/mol. The average Bonchev–Trinajstić information content (AvgIpc) is 2.29. The summed E-state index contributed by atoms with van der Waals surface area (Å²) in [6.45, 7) is 1.61. The van der Waals surface area contributed by atoms with Crippen molar-refractivity contribution in [3.05, 3.63) is 18.1 Å². The number of halogens is 4. The zero-order chi connectivity index (χ0) is 12.3. The van der Waals surface area contributed by atoms with Gasteiger partial charge in [0, 0.05) is 6.07 Å². The summed E-state index contributed by atoms with van der Waals surface area (Å²) >= 11 is 0. The van der Waals surface area contributed by atoms with Gasteiger partial charge in [-0.15, -0.1) is 12.4 Å². The fourth-order valence-corrected chi connectivity index (χ4v) is 1.64. The summed E-state index contributed by atoms with van der Waals surface area (Å²) < 4.78 is 42.6. The Balaban J connectivity index is 0.00000162. The van der Waals surface area contributed by atoms with E-state index in [0.717, 1.165) is 38.3 Å². The van der Waals surface area contributed by atoms with Crippen LogP contribution in [-0.4, -0.2) is 29.2 Å². The minimum atomic E-state index is -4.46. The van der Waals surface area contributed by atoms with E-state index < -0.39 is 11.9 Å². The Morgan fingerprint density at radius 3 is 2.50 bits per heavy atom. The second-order valence-electron chi connectivity index (χ2n) is 3.81. The van der Waals surface area contributed by atoms with E-state index in [-0.39, 0.29) is 24.4 Å². The normalized spacial score (nSPS) is 17.1. The second kappa shape index (κ2) is 6.19. The third kappa shape index (κ3) is 3.99. The first-order valence-corrected chi connectivity index (χ1v) is 5.32. The number of aromatic nitrogens is 2. The van der Waals surface area contributed by atoms with Crippen molar-refractivity contribution in [1.29, 1.82) is 0 Å². The third-order valence-electron chi connectivity index (χ3n) is 2.51. The fourth-order valence-electron chi connectivity index (χ4n) is 1.64. The first-order chi connectivity index (χ1) is 8.05. The molecule has 0 atom stereocenters. The molecular formula is C10H13ClF3N3O. The molecule has 102 valence electrons. The minimum Gasteiger partial charge on any atom is -0.474 e. The molecule has 0 saturated carbocycles. The monoisotopic (exact) mass is 283 g/mol. The van der Waals surface area contributed by atoms with Gasteiger partial charge in [0.1, 0.15) is 12.4 Å². The number of nitrogens with one attached hydrogen (secondary N) is 1. The van der Waals surface area contributed by atoms with E-state index in [1.165, 1.54) is 0 Å². The quantitative estimate of drug-likeness (QED) is 0.902. The molecule has 0 amide bonds. The van der Waals surface area contributed by atoms with Crippen LogP contribution in [0.15, 0.2) is 12.4 Å². The number of piperidine rings is 1. The molecule has 1 fully saturated rings. The number of nitrogens with zero attached hydrogens (tertiary/aromatic N) is 2. The summed E-state index contributed by atoms with van der Waals surface area (Å²) in [5.74, 6) is -0.0146. The molecule has 0 bridgehead atoms. The maximum Gasteiger partial charge on any atom is 0.433 e. The minimum absolute atomic E-state index is 0. The molecule has 1 aliphatic rings. The van der Waals surface area contributed by atoms with Crippen molar-refractivity contribution < 1.29 is 17.9 Å². The van der Waals surface area contributed by atoms with Gasteiger partial charge in [-0.25, -0.2) is 9.97 Å². The summed E-state index contributed by atoms with van der Waals surface area (Å²) in [5, 5.41) is 3.14. The maximum atomic E-state index is 12.4. The highest BCUT2D eigenvalue weighted by molar-refractivity contribution is 5.85. The van der Waals surface area contributed by atoms with Crippen molar-refractivity contribution in [2.75, 3.05) is 13.1 Å². The molecule has 2 heterocycles. The van der Waals surface area contributed by atoms with E-state index in [2.05, 4.69) is 15.3 Å². The van der Waals surface area contributed by atoms with Crippen LogP contribution in [0.25, 0.3) is 0 Å². The average molecular weight is 284 g/mol. The number of hydrogen-bond donors (Lipinski definition) is 1. The van der Waals surface area contributed by atoms with E-state index in [4.69, 9.17) is 4.74 Å². The highest BCUT2D eigenvalue weighted by Crippen LogP contribution is 2.29. The van der Waals surface area contributed by atoms with Gasteiger partial charge in [-0.1, -0.05) is 0 Å². The van der Waals surface area contributed by atoms with Crippen molar-refractivity contribution in [1.82, 2.24) is 15.3 Å². The van der Waals surface area contributed by atoms with Crippen molar-refractivity contribution in [3.63, 3.8) is 0 Å². The fraction of sp³-hybridized carbons (Fsp3) is 0.600. The lowest BCUT2D eigenvalue weighted by molar-refractivity contribution is -0.141. The molecule has 2 rings (SSSR count). The van der Waals surface area contributed by atoms with Gasteiger partial charge < -0.3 is 10.1 Å². The van der Waals surface area contributed by atoms with Gasteiger partial charge in [-0.05, 0) is 25.9 Å². The smallest absolute Gasteiger partial charge is 0.433 e. The summed E-state index contributed by atoms with van der Waals surface area (Å²) in [6.07, 6.45) is -2.13. The van der Waals surface area contributed by atoms with Gasteiger partial charge in [-0.2, -0.15) is 13.2 Å². The van der Waals surface area contributed by atoms with Crippen LogP contribution in [0, 0.1) is 0 Å². The van der Waals surface area contributed by atoms with Crippen LogP contribution in [0.2, 0.25) is 0 Å². The van der Waals surface area contributed by atoms with Crippen LogP contribution in [-0.2, 0) is 6.18 Å². The highest BCUT2D eigenvalue weighted by atomic mass is 35.5. The first-order valence-electron chi connectivity index (χ1n) is 5.32. The van der Waals surface area contributed by atoms with Crippen LogP contribution < -0.4 is 10.1 Å². The zero-order valence-electron chi connectivity index (χ0n) is 9.41. The van der Waals surface area contributed by atoms with E-state index in [9.17, 15) is 13.2 Å². The van der Waals surface area contributed by atoms with Crippen LogP contribution in [0.3, 0.4) is 0 Å². The second-order valence-corrected chi connectivity index (χ2v) is 3.81. The lowest BCUT2D eigenvalue weighted by Gasteiger charge is -2.23. The molecule has 0 aliphatic carbocycles. The van der Waals surface area contributed by atoms with Crippen molar-refractivity contribution in [2.45, 2.75) is 25.1 Å². The van der Waals surface area contributed by atoms with Gasteiger partial charge in [0.2, 0.25) is 5.88 Å². The number of ether oxygens (including phenoxy) is 1. The predicted molar refractivity (Wildman–Crippen MR) is 60.8 cm³/mol.